The fourth-order valence-electron chi connectivity index (χ4n) is 1.88. The summed E-state index contributed by atoms with van der Waals surface area (Å²) in [6.07, 6.45) is 2.22. The summed E-state index contributed by atoms with van der Waals surface area (Å²) in [6.45, 7) is 2.17. The molecule has 0 saturated heterocycles. The lowest BCUT2D eigenvalue weighted by Gasteiger charge is -2.06. The lowest BCUT2D eigenvalue weighted by molar-refractivity contribution is 0.475. The molecule has 2 aromatic rings. The third kappa shape index (κ3) is 2.80. The fourth-order valence-corrected chi connectivity index (χ4v) is 2.06. The van der Waals surface area contributed by atoms with Gasteiger partial charge in [-0.1, -0.05) is 55.3 Å². The first-order valence-electron chi connectivity index (χ1n) is 5.78. The SMILES string of the molecule is CCCc1cccc(-c2ccc(O)c(Cl)c2)c1. The van der Waals surface area contributed by atoms with Crippen molar-refractivity contribution >= 4 is 11.6 Å². The molecule has 0 aliphatic carbocycles. The highest BCUT2D eigenvalue weighted by Crippen LogP contribution is 2.29. The van der Waals surface area contributed by atoms with Gasteiger partial charge >= 0.3 is 0 Å². The summed E-state index contributed by atoms with van der Waals surface area (Å²) in [5.74, 6) is 0.125. The zero-order valence-electron chi connectivity index (χ0n) is 9.78. The molecule has 0 spiro atoms. The molecule has 0 amide bonds. The molecule has 0 fully saturated rings. The maximum atomic E-state index is 9.40. The number of aryl methyl sites for hydroxylation is 1. The molecular formula is C15H15ClO. The van der Waals surface area contributed by atoms with Crippen molar-refractivity contribution in [2.24, 2.45) is 0 Å². The Morgan fingerprint density at radius 3 is 2.53 bits per heavy atom. The first kappa shape index (κ1) is 12.0. The fraction of sp³-hybridized carbons (Fsp3) is 0.200. The Morgan fingerprint density at radius 1 is 1.06 bits per heavy atom. The van der Waals surface area contributed by atoms with Gasteiger partial charge in [-0.25, -0.2) is 0 Å². The molecule has 2 aromatic carbocycles. The van der Waals surface area contributed by atoms with Gasteiger partial charge in [0.05, 0.1) is 5.02 Å². The number of phenolic OH excluding ortho intramolecular Hbond substituents is 1. The second-order valence-corrected chi connectivity index (χ2v) is 4.52. The van der Waals surface area contributed by atoms with Gasteiger partial charge in [-0.2, -0.15) is 0 Å². The topological polar surface area (TPSA) is 20.2 Å². The molecule has 1 nitrogen and oxygen atoms in total. The number of hydrogen-bond acceptors (Lipinski definition) is 1. The van der Waals surface area contributed by atoms with Crippen LogP contribution in [0.4, 0.5) is 0 Å². The van der Waals surface area contributed by atoms with Gasteiger partial charge in [-0.15, -0.1) is 0 Å². The minimum atomic E-state index is 0.125. The van der Waals surface area contributed by atoms with E-state index in [1.54, 1.807) is 12.1 Å². The quantitative estimate of drug-likeness (QED) is 0.835. The number of benzene rings is 2. The summed E-state index contributed by atoms with van der Waals surface area (Å²) < 4.78 is 0. The van der Waals surface area contributed by atoms with Gasteiger partial charge in [0, 0.05) is 0 Å². The molecule has 2 rings (SSSR count). The van der Waals surface area contributed by atoms with E-state index in [4.69, 9.17) is 11.6 Å². The van der Waals surface area contributed by atoms with Crippen LogP contribution in [0.3, 0.4) is 0 Å². The summed E-state index contributed by atoms with van der Waals surface area (Å²) in [5, 5.41) is 9.79. The molecule has 0 aliphatic heterocycles. The van der Waals surface area contributed by atoms with E-state index in [1.165, 1.54) is 5.56 Å². The molecule has 1 N–H and O–H groups in total. The van der Waals surface area contributed by atoms with E-state index < -0.39 is 0 Å². The normalized spacial score (nSPS) is 10.5. The second kappa shape index (κ2) is 5.24. The number of hydrogen-bond donors (Lipinski definition) is 1. The smallest absolute Gasteiger partial charge is 0.134 e. The molecule has 0 unspecified atom stereocenters. The summed E-state index contributed by atoms with van der Waals surface area (Å²) in [6, 6.07) is 13.7. The van der Waals surface area contributed by atoms with Crippen molar-refractivity contribution in [2.45, 2.75) is 19.8 Å². The molecule has 0 atom stereocenters. The van der Waals surface area contributed by atoms with Crippen molar-refractivity contribution in [1.29, 1.82) is 0 Å². The van der Waals surface area contributed by atoms with Crippen molar-refractivity contribution in [2.75, 3.05) is 0 Å². The standard InChI is InChI=1S/C15H15ClO/c1-2-4-11-5-3-6-12(9-11)13-7-8-15(17)14(16)10-13/h3,5-10,17H,2,4H2,1H3. The first-order chi connectivity index (χ1) is 8.20. The molecule has 0 heterocycles. The van der Waals surface area contributed by atoms with Crippen molar-refractivity contribution < 1.29 is 5.11 Å². The molecule has 2 heteroatoms. The van der Waals surface area contributed by atoms with Gasteiger partial charge < -0.3 is 5.11 Å². The van der Waals surface area contributed by atoms with E-state index in [0.29, 0.717) is 5.02 Å². The van der Waals surface area contributed by atoms with Crippen molar-refractivity contribution in [3.8, 4) is 16.9 Å². The largest absolute Gasteiger partial charge is 0.506 e. The highest BCUT2D eigenvalue weighted by atomic mass is 35.5. The van der Waals surface area contributed by atoms with Crippen LogP contribution in [0.5, 0.6) is 5.75 Å². The average Bonchev–Trinajstić information content (AvgIpc) is 2.33. The van der Waals surface area contributed by atoms with Crippen LogP contribution in [-0.4, -0.2) is 5.11 Å². The van der Waals surface area contributed by atoms with Crippen molar-refractivity contribution in [3.05, 3.63) is 53.1 Å². The number of aromatic hydroxyl groups is 1. The monoisotopic (exact) mass is 246 g/mol. The van der Waals surface area contributed by atoms with E-state index in [-0.39, 0.29) is 5.75 Å². The van der Waals surface area contributed by atoms with E-state index >= 15 is 0 Å². The molecule has 0 saturated carbocycles. The number of phenols is 1. The minimum Gasteiger partial charge on any atom is -0.506 e. The Balaban J connectivity index is 2.38. The highest BCUT2D eigenvalue weighted by molar-refractivity contribution is 6.32. The van der Waals surface area contributed by atoms with Crippen LogP contribution in [0.1, 0.15) is 18.9 Å². The van der Waals surface area contributed by atoms with Crippen LogP contribution in [0.25, 0.3) is 11.1 Å². The van der Waals surface area contributed by atoms with Gasteiger partial charge in [-0.3, -0.25) is 0 Å². The Morgan fingerprint density at radius 2 is 1.82 bits per heavy atom. The third-order valence-corrected chi connectivity index (χ3v) is 3.05. The minimum absolute atomic E-state index is 0.125. The van der Waals surface area contributed by atoms with Gasteiger partial charge in [0.2, 0.25) is 0 Å². The third-order valence-electron chi connectivity index (χ3n) is 2.75. The average molecular weight is 247 g/mol. The van der Waals surface area contributed by atoms with Crippen LogP contribution >= 0.6 is 11.6 Å². The molecule has 0 aromatic heterocycles. The Kier molecular flexibility index (Phi) is 3.70. The lowest BCUT2D eigenvalue weighted by atomic mass is 10.0. The molecule has 0 radical (unpaired) electrons. The number of halogens is 1. The molecule has 0 aliphatic rings. The van der Waals surface area contributed by atoms with E-state index in [0.717, 1.165) is 24.0 Å². The summed E-state index contributed by atoms with van der Waals surface area (Å²) in [7, 11) is 0. The van der Waals surface area contributed by atoms with Crippen molar-refractivity contribution in [3.63, 3.8) is 0 Å². The molecular weight excluding hydrogens is 232 g/mol. The zero-order chi connectivity index (χ0) is 12.3. The Bertz CT molecular complexity index is 520. The summed E-state index contributed by atoms with van der Waals surface area (Å²) >= 11 is 5.91. The van der Waals surface area contributed by atoms with Crippen LogP contribution in [0, 0.1) is 0 Å². The predicted molar refractivity (Wildman–Crippen MR) is 72.5 cm³/mol. The van der Waals surface area contributed by atoms with Gasteiger partial charge in [0.25, 0.3) is 0 Å². The number of rotatable bonds is 3. The Hall–Kier alpha value is -1.47. The maximum Gasteiger partial charge on any atom is 0.134 e. The van der Waals surface area contributed by atoms with E-state index in [1.807, 2.05) is 6.07 Å². The molecule has 88 valence electrons. The molecule has 17 heavy (non-hydrogen) atoms. The van der Waals surface area contributed by atoms with Crippen LogP contribution in [0.2, 0.25) is 5.02 Å². The van der Waals surface area contributed by atoms with Crippen molar-refractivity contribution in [1.82, 2.24) is 0 Å². The Labute approximate surface area is 107 Å². The lowest BCUT2D eigenvalue weighted by Crippen LogP contribution is -1.84. The summed E-state index contributed by atoms with van der Waals surface area (Å²) in [5.41, 5.74) is 3.50. The van der Waals surface area contributed by atoms with Gasteiger partial charge in [-0.05, 0) is 35.2 Å². The van der Waals surface area contributed by atoms with Gasteiger partial charge in [0.15, 0.2) is 0 Å². The predicted octanol–water partition coefficient (Wildman–Crippen LogP) is 4.67. The van der Waals surface area contributed by atoms with Crippen LogP contribution < -0.4 is 0 Å². The van der Waals surface area contributed by atoms with E-state index in [9.17, 15) is 5.11 Å². The maximum absolute atomic E-state index is 9.40. The highest BCUT2D eigenvalue weighted by Gasteiger charge is 2.03. The van der Waals surface area contributed by atoms with E-state index in [2.05, 4.69) is 31.2 Å². The van der Waals surface area contributed by atoms with Crippen LogP contribution in [0.15, 0.2) is 42.5 Å². The first-order valence-corrected chi connectivity index (χ1v) is 6.16. The second-order valence-electron chi connectivity index (χ2n) is 4.12. The summed E-state index contributed by atoms with van der Waals surface area (Å²) in [4.78, 5) is 0. The molecule has 0 bridgehead atoms. The van der Waals surface area contributed by atoms with Crippen LogP contribution in [-0.2, 0) is 6.42 Å². The van der Waals surface area contributed by atoms with Gasteiger partial charge in [0.1, 0.15) is 5.75 Å². The zero-order valence-corrected chi connectivity index (χ0v) is 10.5.